The Bertz CT molecular complexity index is 522. The third-order valence-electron chi connectivity index (χ3n) is 8.04. The van der Waals surface area contributed by atoms with Crippen LogP contribution in [0.15, 0.2) is 11.6 Å². The lowest BCUT2D eigenvalue weighted by atomic mass is 9.47. The van der Waals surface area contributed by atoms with E-state index in [1.54, 1.807) is 0 Å². The van der Waals surface area contributed by atoms with Crippen LogP contribution in [0, 0.1) is 28.6 Å². The summed E-state index contributed by atoms with van der Waals surface area (Å²) < 4.78 is 5.91. The van der Waals surface area contributed by atoms with Gasteiger partial charge in [-0.25, -0.2) is 0 Å². The van der Waals surface area contributed by atoms with Crippen molar-refractivity contribution in [3.8, 4) is 0 Å². The van der Waals surface area contributed by atoms with E-state index in [4.69, 9.17) is 4.74 Å². The Hall–Kier alpha value is -0.630. The van der Waals surface area contributed by atoms with E-state index in [9.17, 15) is 4.79 Å². The highest BCUT2D eigenvalue weighted by atomic mass is 16.5. The van der Waals surface area contributed by atoms with Crippen molar-refractivity contribution < 1.29 is 9.53 Å². The Kier molecular flexibility index (Phi) is 3.35. The van der Waals surface area contributed by atoms with Gasteiger partial charge < -0.3 is 4.74 Å². The monoisotopic (exact) mass is 302 g/mol. The SMILES string of the molecule is COC1CC[C@@]2(C)CC[C@H]3[C@@H](CCC4=CC(=O)CC[C@@]43C)[C@H]12. The van der Waals surface area contributed by atoms with Crippen LogP contribution < -0.4 is 0 Å². The predicted octanol–water partition coefficient (Wildman–Crippen LogP) is 4.53. The third-order valence-corrected chi connectivity index (χ3v) is 8.04. The molecule has 0 bridgehead atoms. The molecule has 0 aliphatic heterocycles. The van der Waals surface area contributed by atoms with Crippen LogP contribution in [0.25, 0.3) is 0 Å². The number of allylic oxidation sites excluding steroid dienone is 1. The second-order valence-corrected chi connectivity index (χ2v) is 8.89. The molecule has 4 aliphatic carbocycles. The highest BCUT2D eigenvalue weighted by molar-refractivity contribution is 5.91. The molecular weight excluding hydrogens is 272 g/mol. The Morgan fingerprint density at radius 1 is 1.09 bits per heavy atom. The molecule has 0 aromatic heterocycles. The number of carbonyl (C=O) groups excluding carboxylic acids is 1. The maximum Gasteiger partial charge on any atom is 0.155 e. The molecule has 4 aliphatic rings. The Balaban J connectivity index is 1.70. The Labute approximate surface area is 134 Å². The number of ether oxygens (including phenoxy) is 1. The topological polar surface area (TPSA) is 26.3 Å². The third kappa shape index (κ3) is 1.92. The van der Waals surface area contributed by atoms with E-state index in [1.807, 2.05) is 13.2 Å². The van der Waals surface area contributed by atoms with Crippen molar-refractivity contribution in [3.63, 3.8) is 0 Å². The summed E-state index contributed by atoms with van der Waals surface area (Å²) in [5.41, 5.74) is 2.27. The van der Waals surface area contributed by atoms with Crippen molar-refractivity contribution in [1.82, 2.24) is 0 Å². The zero-order valence-corrected chi connectivity index (χ0v) is 14.4. The van der Waals surface area contributed by atoms with Crippen LogP contribution in [0.1, 0.15) is 65.2 Å². The van der Waals surface area contributed by atoms with Gasteiger partial charge in [0.15, 0.2) is 5.78 Å². The van der Waals surface area contributed by atoms with Gasteiger partial charge in [0.2, 0.25) is 0 Å². The molecule has 1 unspecified atom stereocenters. The fraction of sp³-hybridized carbons (Fsp3) is 0.850. The fourth-order valence-electron chi connectivity index (χ4n) is 6.82. The lowest BCUT2D eigenvalue weighted by Crippen LogP contribution is -2.51. The molecular formula is C20H30O2. The van der Waals surface area contributed by atoms with Gasteiger partial charge in [0.05, 0.1) is 6.10 Å². The molecule has 0 spiro atoms. The summed E-state index contributed by atoms with van der Waals surface area (Å²) in [5.74, 6) is 2.69. The lowest BCUT2D eigenvalue weighted by Gasteiger charge is -2.58. The minimum Gasteiger partial charge on any atom is -0.381 e. The van der Waals surface area contributed by atoms with E-state index in [2.05, 4.69) is 13.8 Å². The van der Waals surface area contributed by atoms with Crippen LogP contribution in [-0.4, -0.2) is 19.0 Å². The van der Waals surface area contributed by atoms with Crippen LogP contribution in [-0.2, 0) is 9.53 Å². The van der Waals surface area contributed by atoms with Crippen molar-refractivity contribution in [2.24, 2.45) is 28.6 Å². The minimum atomic E-state index is 0.291. The molecule has 0 radical (unpaired) electrons. The summed E-state index contributed by atoms with van der Waals surface area (Å²) in [7, 11) is 1.91. The summed E-state index contributed by atoms with van der Waals surface area (Å²) in [6, 6.07) is 0. The molecule has 6 atom stereocenters. The van der Waals surface area contributed by atoms with Crippen molar-refractivity contribution in [1.29, 1.82) is 0 Å². The molecule has 2 nitrogen and oxygen atoms in total. The van der Waals surface area contributed by atoms with Gasteiger partial charge in [-0.15, -0.1) is 0 Å². The zero-order valence-electron chi connectivity index (χ0n) is 14.4. The van der Waals surface area contributed by atoms with Gasteiger partial charge in [0, 0.05) is 13.5 Å². The van der Waals surface area contributed by atoms with Crippen molar-refractivity contribution >= 4 is 5.78 Å². The van der Waals surface area contributed by atoms with Gasteiger partial charge in [0.1, 0.15) is 0 Å². The lowest BCUT2D eigenvalue weighted by molar-refractivity contribution is -0.118. The van der Waals surface area contributed by atoms with Gasteiger partial charge in [-0.1, -0.05) is 19.4 Å². The number of rotatable bonds is 1. The maximum atomic E-state index is 11.9. The number of hydrogen-bond acceptors (Lipinski definition) is 2. The van der Waals surface area contributed by atoms with E-state index >= 15 is 0 Å². The maximum absolute atomic E-state index is 11.9. The first-order valence-electron chi connectivity index (χ1n) is 9.25. The largest absolute Gasteiger partial charge is 0.381 e. The van der Waals surface area contributed by atoms with E-state index in [0.29, 0.717) is 22.7 Å². The number of methoxy groups -OCH3 is 1. The minimum absolute atomic E-state index is 0.291. The Morgan fingerprint density at radius 3 is 2.64 bits per heavy atom. The molecule has 0 heterocycles. The number of carbonyl (C=O) groups is 1. The van der Waals surface area contributed by atoms with Gasteiger partial charge in [-0.2, -0.15) is 0 Å². The van der Waals surface area contributed by atoms with Crippen molar-refractivity contribution in [3.05, 3.63) is 11.6 Å². The first kappa shape index (κ1) is 14.9. The molecule has 4 rings (SSSR count). The summed E-state index contributed by atoms with van der Waals surface area (Å²) in [6.07, 6.45) is 12.1. The van der Waals surface area contributed by atoms with Crippen molar-refractivity contribution in [2.75, 3.05) is 7.11 Å². The quantitative estimate of drug-likeness (QED) is 0.711. The second-order valence-electron chi connectivity index (χ2n) is 8.89. The average molecular weight is 302 g/mol. The molecule has 0 N–H and O–H groups in total. The van der Waals surface area contributed by atoms with Gasteiger partial charge in [-0.05, 0) is 79.6 Å². The van der Waals surface area contributed by atoms with Gasteiger partial charge >= 0.3 is 0 Å². The standard InChI is InChI=1S/C20H30O2/c1-19-9-7-16-15(18(19)17(22-3)8-10-19)5-4-13-12-14(21)6-11-20(13,16)2/h12,15-18H,4-11H2,1-3H3/t15-,16+,17?,18-,19-,20+/m1/s1. The molecule has 122 valence electrons. The molecule has 0 saturated heterocycles. The fourth-order valence-corrected chi connectivity index (χ4v) is 6.82. The molecule has 3 fully saturated rings. The van der Waals surface area contributed by atoms with E-state index < -0.39 is 0 Å². The van der Waals surface area contributed by atoms with Crippen LogP contribution in [0.5, 0.6) is 0 Å². The number of fused-ring (bicyclic) bond motifs is 5. The molecule has 0 aromatic rings. The summed E-state index contributed by atoms with van der Waals surface area (Å²) in [4.78, 5) is 11.9. The number of hydrogen-bond donors (Lipinski definition) is 0. The van der Waals surface area contributed by atoms with E-state index in [0.717, 1.165) is 37.0 Å². The van der Waals surface area contributed by atoms with Crippen LogP contribution in [0.3, 0.4) is 0 Å². The molecule has 2 heteroatoms. The first-order chi connectivity index (χ1) is 10.5. The van der Waals surface area contributed by atoms with E-state index in [-0.39, 0.29) is 0 Å². The molecule has 0 amide bonds. The smallest absolute Gasteiger partial charge is 0.155 e. The predicted molar refractivity (Wildman–Crippen MR) is 87.5 cm³/mol. The summed E-state index contributed by atoms with van der Waals surface area (Å²) in [6.45, 7) is 4.98. The number of ketones is 1. The average Bonchev–Trinajstić information content (AvgIpc) is 2.85. The highest BCUT2D eigenvalue weighted by Gasteiger charge is 2.58. The second kappa shape index (κ2) is 4.93. The normalized spacial score (nSPS) is 50.9. The summed E-state index contributed by atoms with van der Waals surface area (Å²) >= 11 is 0. The summed E-state index contributed by atoms with van der Waals surface area (Å²) in [5, 5.41) is 0. The van der Waals surface area contributed by atoms with Crippen LogP contribution in [0.2, 0.25) is 0 Å². The highest BCUT2D eigenvalue weighted by Crippen LogP contribution is 2.65. The molecule has 3 saturated carbocycles. The molecule has 22 heavy (non-hydrogen) atoms. The van der Waals surface area contributed by atoms with E-state index in [1.165, 1.54) is 37.7 Å². The van der Waals surface area contributed by atoms with Crippen LogP contribution in [0.4, 0.5) is 0 Å². The van der Waals surface area contributed by atoms with Gasteiger partial charge in [0.25, 0.3) is 0 Å². The Morgan fingerprint density at radius 2 is 1.86 bits per heavy atom. The van der Waals surface area contributed by atoms with Gasteiger partial charge in [-0.3, -0.25) is 4.79 Å². The van der Waals surface area contributed by atoms with Crippen molar-refractivity contribution in [2.45, 2.75) is 71.3 Å². The first-order valence-corrected chi connectivity index (χ1v) is 9.25. The molecule has 0 aromatic carbocycles. The zero-order chi connectivity index (χ0) is 15.5. The van der Waals surface area contributed by atoms with Crippen LogP contribution >= 0.6 is 0 Å².